The number of halogens is 3. The average molecular weight is 201 g/mol. The third kappa shape index (κ3) is 2.31. The van der Waals surface area contributed by atoms with Crippen molar-refractivity contribution in [1.82, 2.24) is 0 Å². The Kier molecular flexibility index (Phi) is 2.81. The van der Waals surface area contributed by atoms with Gasteiger partial charge < -0.3 is 20.7 Å². The molecule has 1 saturated heterocycles. The molecule has 0 amide bonds. The highest BCUT2D eigenvalue weighted by Gasteiger charge is 2.51. The van der Waals surface area contributed by atoms with Gasteiger partial charge in [-0.3, -0.25) is 0 Å². The molecule has 1 heterocycles. The lowest BCUT2D eigenvalue weighted by Gasteiger charge is -2.36. The molecule has 7 heteroatoms. The predicted octanol–water partition coefficient (Wildman–Crippen LogP) is -0.656. The maximum atomic E-state index is 12.1. The lowest BCUT2D eigenvalue weighted by Crippen LogP contribution is -2.57. The molecular weight excluding hydrogens is 191 g/mol. The van der Waals surface area contributed by atoms with E-state index in [0.717, 1.165) is 0 Å². The van der Waals surface area contributed by atoms with Crippen LogP contribution in [0.2, 0.25) is 0 Å². The van der Waals surface area contributed by atoms with Gasteiger partial charge >= 0.3 is 6.18 Å². The fraction of sp³-hybridized carbons (Fsp3) is 1.00. The second-order valence-corrected chi connectivity index (χ2v) is 2.94. The van der Waals surface area contributed by atoms with E-state index in [2.05, 4.69) is 4.74 Å². The molecular formula is C6H10F3NO3. The average Bonchev–Trinajstić information content (AvgIpc) is 1.94. The zero-order valence-corrected chi connectivity index (χ0v) is 6.53. The monoisotopic (exact) mass is 201 g/mol. The van der Waals surface area contributed by atoms with Crippen LogP contribution in [0, 0.1) is 0 Å². The first-order chi connectivity index (χ1) is 5.82. The van der Waals surface area contributed by atoms with Crippen LogP contribution in [-0.4, -0.2) is 40.9 Å². The van der Waals surface area contributed by atoms with E-state index >= 15 is 0 Å². The van der Waals surface area contributed by atoms with E-state index in [1.54, 1.807) is 0 Å². The maximum Gasteiger partial charge on any atom is 0.417 e. The highest BCUT2D eigenvalue weighted by Crippen LogP contribution is 2.31. The van der Waals surface area contributed by atoms with Gasteiger partial charge in [-0.05, 0) is 0 Å². The van der Waals surface area contributed by atoms with Crippen LogP contribution >= 0.6 is 0 Å². The summed E-state index contributed by atoms with van der Waals surface area (Å²) in [5.41, 5.74) is 5.17. The fourth-order valence-corrected chi connectivity index (χ4v) is 1.17. The smallest absolute Gasteiger partial charge is 0.388 e. The van der Waals surface area contributed by atoms with Crippen LogP contribution < -0.4 is 5.73 Å². The number of hydrogen-bond donors (Lipinski definition) is 3. The van der Waals surface area contributed by atoms with Gasteiger partial charge in [0.05, 0.1) is 0 Å². The van der Waals surface area contributed by atoms with Gasteiger partial charge in [0.2, 0.25) is 0 Å². The van der Waals surface area contributed by atoms with Gasteiger partial charge in [-0.2, -0.15) is 13.2 Å². The van der Waals surface area contributed by atoms with Crippen LogP contribution in [0.1, 0.15) is 6.42 Å². The lowest BCUT2D eigenvalue weighted by molar-refractivity contribution is -0.306. The number of alkyl halides is 3. The first-order valence-electron chi connectivity index (χ1n) is 3.66. The van der Waals surface area contributed by atoms with Crippen LogP contribution in [0.5, 0.6) is 0 Å². The van der Waals surface area contributed by atoms with E-state index in [-0.39, 0.29) is 6.42 Å². The third-order valence-corrected chi connectivity index (χ3v) is 1.85. The summed E-state index contributed by atoms with van der Waals surface area (Å²) < 4.78 is 40.4. The van der Waals surface area contributed by atoms with Crippen molar-refractivity contribution in [2.45, 2.75) is 37.1 Å². The summed E-state index contributed by atoms with van der Waals surface area (Å²) in [5, 5.41) is 17.8. The molecule has 13 heavy (non-hydrogen) atoms. The van der Waals surface area contributed by atoms with Crippen molar-refractivity contribution in [2.24, 2.45) is 5.73 Å². The molecule has 0 aromatic carbocycles. The van der Waals surface area contributed by atoms with Gasteiger partial charge in [-0.15, -0.1) is 0 Å². The summed E-state index contributed by atoms with van der Waals surface area (Å²) in [7, 11) is 0. The molecule has 0 radical (unpaired) electrons. The van der Waals surface area contributed by atoms with Gasteiger partial charge in [-0.1, -0.05) is 0 Å². The number of nitrogens with two attached hydrogens (primary N) is 1. The van der Waals surface area contributed by atoms with E-state index in [9.17, 15) is 13.2 Å². The topological polar surface area (TPSA) is 75.7 Å². The molecule has 1 unspecified atom stereocenters. The van der Waals surface area contributed by atoms with Crippen LogP contribution in [0.3, 0.4) is 0 Å². The van der Waals surface area contributed by atoms with Crippen molar-refractivity contribution in [1.29, 1.82) is 0 Å². The maximum absolute atomic E-state index is 12.1. The molecule has 78 valence electrons. The van der Waals surface area contributed by atoms with Crippen molar-refractivity contribution in [3.05, 3.63) is 0 Å². The Labute approximate surface area is 72.1 Å². The Morgan fingerprint density at radius 2 is 1.85 bits per heavy atom. The fourth-order valence-electron chi connectivity index (χ4n) is 1.17. The van der Waals surface area contributed by atoms with E-state index < -0.39 is 30.7 Å². The molecule has 1 rings (SSSR count). The van der Waals surface area contributed by atoms with Crippen molar-refractivity contribution < 1.29 is 28.1 Å². The number of rotatable bonds is 0. The summed E-state index contributed by atoms with van der Waals surface area (Å²) in [6.07, 6.45) is -10.7. The molecule has 0 aliphatic carbocycles. The lowest BCUT2D eigenvalue weighted by atomic mass is 9.99. The first-order valence-corrected chi connectivity index (χ1v) is 3.66. The largest absolute Gasteiger partial charge is 0.417 e. The van der Waals surface area contributed by atoms with Crippen molar-refractivity contribution in [3.8, 4) is 0 Å². The molecule has 4 atom stereocenters. The second-order valence-electron chi connectivity index (χ2n) is 2.94. The Hall–Kier alpha value is -0.370. The molecule has 4 N–H and O–H groups in total. The predicted molar refractivity (Wildman–Crippen MR) is 35.5 cm³/mol. The van der Waals surface area contributed by atoms with Gasteiger partial charge in [0.15, 0.2) is 12.4 Å². The number of aliphatic hydroxyl groups is 2. The Balaban J connectivity index is 2.72. The molecule has 1 fully saturated rings. The first kappa shape index (κ1) is 10.7. The molecule has 0 spiro atoms. The van der Waals surface area contributed by atoms with Crippen LogP contribution in [0.25, 0.3) is 0 Å². The normalized spacial score (nSPS) is 42.0. The summed E-state index contributed by atoms with van der Waals surface area (Å²) >= 11 is 0. The molecule has 1 aliphatic rings. The molecule has 1 aliphatic heterocycles. The van der Waals surface area contributed by atoms with Gasteiger partial charge in [0.25, 0.3) is 0 Å². The van der Waals surface area contributed by atoms with Crippen LogP contribution in [0.15, 0.2) is 0 Å². The molecule has 0 saturated carbocycles. The van der Waals surface area contributed by atoms with Gasteiger partial charge in [-0.25, -0.2) is 0 Å². The van der Waals surface area contributed by atoms with Gasteiger partial charge in [0.1, 0.15) is 6.10 Å². The van der Waals surface area contributed by atoms with E-state index in [1.165, 1.54) is 0 Å². The zero-order chi connectivity index (χ0) is 10.2. The van der Waals surface area contributed by atoms with Crippen molar-refractivity contribution in [2.75, 3.05) is 0 Å². The quantitative estimate of drug-likeness (QED) is 0.486. The van der Waals surface area contributed by atoms with E-state index in [4.69, 9.17) is 15.9 Å². The number of hydrogen-bond acceptors (Lipinski definition) is 4. The summed E-state index contributed by atoms with van der Waals surface area (Å²) in [5.74, 6) is 0. The Morgan fingerprint density at radius 1 is 1.31 bits per heavy atom. The highest BCUT2D eigenvalue weighted by atomic mass is 19.4. The number of ether oxygens (including phenoxy) is 1. The van der Waals surface area contributed by atoms with E-state index in [1.807, 2.05) is 0 Å². The Morgan fingerprint density at radius 3 is 2.31 bits per heavy atom. The highest BCUT2D eigenvalue weighted by molar-refractivity contribution is 4.89. The van der Waals surface area contributed by atoms with E-state index in [0.29, 0.717) is 0 Å². The van der Waals surface area contributed by atoms with Crippen LogP contribution in [0.4, 0.5) is 13.2 Å². The van der Waals surface area contributed by atoms with Crippen molar-refractivity contribution >= 4 is 0 Å². The minimum Gasteiger partial charge on any atom is -0.388 e. The molecule has 0 aromatic rings. The Bertz CT molecular complexity index is 186. The SMILES string of the molecule is N[C@H]1CC(O)O[C@@H](C(F)(F)F)[C@H]1O. The van der Waals surface area contributed by atoms with Gasteiger partial charge in [0, 0.05) is 12.5 Å². The minimum absolute atomic E-state index is 0.201. The zero-order valence-electron chi connectivity index (χ0n) is 6.53. The number of aliphatic hydroxyl groups excluding tert-OH is 2. The van der Waals surface area contributed by atoms with Crippen molar-refractivity contribution in [3.63, 3.8) is 0 Å². The standard InChI is InChI=1S/C6H10F3NO3/c7-6(8,9)5-4(12)2(10)1-3(11)13-5/h2-5,11-12H,1,10H2/t2-,3?,4-,5+/m0/s1. The van der Waals surface area contributed by atoms with Crippen LogP contribution in [-0.2, 0) is 4.74 Å². The second kappa shape index (κ2) is 3.41. The molecule has 4 nitrogen and oxygen atoms in total. The molecule has 0 bridgehead atoms. The summed E-state index contributed by atoms with van der Waals surface area (Å²) in [6.45, 7) is 0. The minimum atomic E-state index is -4.71. The molecule has 0 aromatic heterocycles. The summed E-state index contributed by atoms with van der Waals surface area (Å²) in [6, 6.07) is -1.12. The third-order valence-electron chi connectivity index (χ3n) is 1.85. The summed E-state index contributed by atoms with van der Waals surface area (Å²) in [4.78, 5) is 0.